The lowest BCUT2D eigenvalue weighted by Crippen LogP contribution is -2.46. The number of nitrogens with zero attached hydrogens (tertiary/aromatic N) is 6. The van der Waals surface area contributed by atoms with Crippen molar-refractivity contribution in [2.75, 3.05) is 84.3 Å². The third-order valence-corrected chi connectivity index (χ3v) is 11.1. The van der Waals surface area contributed by atoms with Crippen molar-refractivity contribution in [2.24, 2.45) is 0 Å². The number of amides is 2. The molecule has 0 saturated carbocycles. The fourth-order valence-corrected chi connectivity index (χ4v) is 7.52. The molecule has 0 bridgehead atoms. The van der Waals surface area contributed by atoms with Crippen molar-refractivity contribution < 1.29 is 73.2 Å². The smallest absolute Gasteiger partial charge is 0.417 e. The van der Waals surface area contributed by atoms with Crippen LogP contribution in [0.3, 0.4) is 0 Å². The minimum absolute atomic E-state index is 0.00650. The van der Waals surface area contributed by atoms with Crippen molar-refractivity contribution in [1.29, 1.82) is 0 Å². The Morgan fingerprint density at radius 2 is 0.920 bits per heavy atom. The number of nitro benzene ring substituents is 2. The molecule has 2 amide bonds. The normalized spacial score (nSPS) is 15.3. The number of hydrogen-bond acceptors (Lipinski definition) is 14. The van der Waals surface area contributed by atoms with Crippen molar-refractivity contribution >= 4 is 35.5 Å². The first kappa shape index (κ1) is 63.0. The number of rotatable bonds is 15. The highest BCUT2D eigenvalue weighted by Crippen LogP contribution is 2.37. The number of nitrogens with one attached hydrogen (secondary N) is 2. The summed E-state index contributed by atoms with van der Waals surface area (Å²) < 4.78 is 127. The van der Waals surface area contributed by atoms with Gasteiger partial charge in [0.05, 0.1) is 26.5 Å². The Kier molecular flexibility index (Phi) is 23.1. The van der Waals surface area contributed by atoms with Crippen LogP contribution in [-0.2, 0) is 41.1 Å². The lowest BCUT2D eigenvalue weighted by atomic mass is 10.0. The molecule has 3 aromatic carbocycles. The number of aldehydes is 1. The van der Waals surface area contributed by atoms with Crippen molar-refractivity contribution in [2.45, 2.75) is 97.2 Å². The molecule has 0 radical (unpaired) electrons. The molecule has 4 N–H and O–H groups in total. The third kappa shape index (κ3) is 23.0. The first-order valence-electron chi connectivity index (χ1n) is 23.6. The lowest BCUT2D eigenvalue weighted by Gasteiger charge is -2.35. The maximum atomic E-state index is 13.3. The summed E-state index contributed by atoms with van der Waals surface area (Å²) in [6, 6.07) is 8.84. The van der Waals surface area contributed by atoms with Crippen LogP contribution < -0.4 is 16.4 Å². The van der Waals surface area contributed by atoms with Crippen molar-refractivity contribution in [1.82, 2.24) is 30.2 Å². The van der Waals surface area contributed by atoms with Gasteiger partial charge in [-0.15, -0.1) is 0 Å². The highest BCUT2D eigenvalue weighted by Gasteiger charge is 2.37. The molecule has 2 aliphatic rings. The number of piperazine rings is 2. The van der Waals surface area contributed by atoms with Gasteiger partial charge >= 0.3 is 30.7 Å². The van der Waals surface area contributed by atoms with Gasteiger partial charge in [-0.25, -0.2) is 9.59 Å². The molecule has 27 heteroatoms. The molecule has 18 nitrogen and oxygen atoms in total. The Bertz CT molecular complexity index is 2380. The summed E-state index contributed by atoms with van der Waals surface area (Å²) in [4.78, 5) is 61.1. The van der Waals surface area contributed by atoms with Crippen LogP contribution in [0, 0.1) is 20.2 Å². The average molecular weight is 1080 g/mol. The topological polar surface area (TPSA) is 219 Å². The zero-order valence-corrected chi connectivity index (χ0v) is 42.4. The summed E-state index contributed by atoms with van der Waals surface area (Å²) >= 11 is 0. The Morgan fingerprint density at radius 3 is 1.28 bits per heavy atom. The Morgan fingerprint density at radius 1 is 0.573 bits per heavy atom. The number of nitro groups is 2. The van der Waals surface area contributed by atoms with Gasteiger partial charge in [-0.2, -0.15) is 39.5 Å². The molecule has 3 aromatic rings. The van der Waals surface area contributed by atoms with Gasteiger partial charge in [0, 0.05) is 114 Å². The van der Waals surface area contributed by atoms with E-state index in [-0.39, 0.29) is 36.2 Å². The van der Waals surface area contributed by atoms with Crippen LogP contribution in [0.1, 0.15) is 92.6 Å². The van der Waals surface area contributed by atoms with Crippen LogP contribution in [0.2, 0.25) is 0 Å². The number of nitrogen functional groups attached to an aromatic ring is 1. The van der Waals surface area contributed by atoms with Crippen LogP contribution in [-0.4, -0.2) is 138 Å². The highest BCUT2D eigenvalue weighted by atomic mass is 19.4. The fourth-order valence-electron chi connectivity index (χ4n) is 7.52. The van der Waals surface area contributed by atoms with Crippen LogP contribution in [0.4, 0.5) is 66.2 Å². The molecule has 418 valence electrons. The molecule has 75 heavy (non-hydrogen) atoms. The highest BCUT2D eigenvalue weighted by molar-refractivity contribution is 5.78. The molecule has 0 aliphatic carbocycles. The van der Waals surface area contributed by atoms with E-state index in [9.17, 15) is 74.1 Å². The monoisotopic (exact) mass is 1080 g/mol. The van der Waals surface area contributed by atoms with Crippen LogP contribution in [0.25, 0.3) is 0 Å². The van der Waals surface area contributed by atoms with Crippen molar-refractivity contribution in [3.8, 4) is 0 Å². The van der Waals surface area contributed by atoms with E-state index < -0.39 is 85.4 Å². The number of benzene rings is 3. The predicted octanol–water partition coefficient (Wildman–Crippen LogP) is 9.39. The van der Waals surface area contributed by atoms with Crippen LogP contribution in [0.15, 0.2) is 54.6 Å². The van der Waals surface area contributed by atoms with E-state index in [0.29, 0.717) is 64.5 Å². The van der Waals surface area contributed by atoms with Gasteiger partial charge in [-0.3, -0.25) is 34.8 Å². The summed E-state index contributed by atoms with van der Waals surface area (Å²) in [5.41, 5.74) is 0.0623. The molecule has 0 spiro atoms. The minimum Gasteiger partial charge on any atom is -0.444 e. The zero-order valence-electron chi connectivity index (χ0n) is 42.4. The average Bonchev–Trinajstić information content (AvgIpc) is 3.29. The second-order valence-electron chi connectivity index (χ2n) is 19.5. The van der Waals surface area contributed by atoms with E-state index in [0.717, 1.165) is 63.3 Å². The number of ether oxygens (including phenoxy) is 2. The maximum absolute atomic E-state index is 13.3. The van der Waals surface area contributed by atoms with Gasteiger partial charge in [0.25, 0.3) is 11.4 Å². The Labute approximate surface area is 427 Å². The van der Waals surface area contributed by atoms with Gasteiger partial charge in [0.1, 0.15) is 11.2 Å². The molecule has 2 fully saturated rings. The number of anilines is 1. The maximum Gasteiger partial charge on any atom is 0.417 e. The van der Waals surface area contributed by atoms with Crippen molar-refractivity contribution in [3.05, 3.63) is 108 Å². The Hall–Kier alpha value is -6.32. The zero-order chi connectivity index (χ0) is 56.5. The molecular formula is C48H64F9N9O9. The summed E-state index contributed by atoms with van der Waals surface area (Å²) in [5.74, 6) is 0. The molecule has 2 heterocycles. The van der Waals surface area contributed by atoms with Crippen LogP contribution >= 0.6 is 0 Å². The predicted molar refractivity (Wildman–Crippen MR) is 259 cm³/mol. The number of alkyl halides is 9. The van der Waals surface area contributed by atoms with E-state index in [1.807, 2.05) is 30.6 Å². The minimum atomic E-state index is -4.78. The summed E-state index contributed by atoms with van der Waals surface area (Å²) in [7, 11) is 0. The summed E-state index contributed by atoms with van der Waals surface area (Å²) in [5, 5.41) is 26.5. The number of halogens is 9. The number of alkyl carbamates (subject to hydrolysis) is 2. The summed E-state index contributed by atoms with van der Waals surface area (Å²) in [6.07, 6.45) is -13.2. The first-order chi connectivity index (χ1) is 34.6. The van der Waals surface area contributed by atoms with Gasteiger partial charge in [-0.1, -0.05) is 12.1 Å². The number of hydrogen-bond donors (Lipinski definition) is 3. The second-order valence-corrected chi connectivity index (χ2v) is 19.5. The van der Waals surface area contributed by atoms with E-state index >= 15 is 0 Å². The standard InChI is InChI=1S/C20H29F3N4O4.C20H31F3N4O2.C8H4F3NO3/c1-19(2,3)31-18(28)24-7-4-8-25-9-11-26(12-10-25)14-15-5-6-16(27(29)30)13-17(15)20(21,22)23;1-19(2,3)29-18(28)25-7-4-8-26-9-11-27(12-10-26)14-15-5-6-16(24)13-17(15)20(21,22)23;9-8(10,11)7-3-6(12(14)15)2-1-5(7)4-13/h5-6,13H,4,7-12,14H2,1-3H3,(H,24,28);5-6,13H,4,7-12,14,24H2,1-3H3,(H,25,28);1-4H. The van der Waals surface area contributed by atoms with Gasteiger partial charge in [0.2, 0.25) is 0 Å². The van der Waals surface area contributed by atoms with Gasteiger partial charge in [0.15, 0.2) is 6.29 Å². The quantitative estimate of drug-likeness (QED) is 0.0323. The fraction of sp³-hybridized carbons (Fsp3) is 0.562. The molecular weight excluding hydrogens is 1020 g/mol. The molecule has 2 aliphatic heterocycles. The molecule has 0 unspecified atom stereocenters. The second kappa shape index (κ2) is 27.5. The van der Waals surface area contributed by atoms with Gasteiger partial charge in [-0.05, 0) is 96.8 Å². The largest absolute Gasteiger partial charge is 0.444 e. The lowest BCUT2D eigenvalue weighted by molar-refractivity contribution is -0.385. The number of nitrogens with two attached hydrogens (primary N) is 1. The summed E-state index contributed by atoms with van der Waals surface area (Å²) in [6.45, 7) is 19.3. The third-order valence-electron chi connectivity index (χ3n) is 11.1. The number of non-ortho nitro benzene ring substituents is 2. The van der Waals surface area contributed by atoms with E-state index in [2.05, 4.69) is 20.4 Å². The van der Waals surface area contributed by atoms with E-state index in [1.54, 1.807) is 20.8 Å². The number of carbonyl (C=O) groups excluding carboxylic acids is 3. The van der Waals surface area contributed by atoms with Crippen LogP contribution in [0.5, 0.6) is 0 Å². The molecule has 2 saturated heterocycles. The first-order valence-corrected chi connectivity index (χ1v) is 23.6. The number of carbonyl (C=O) groups is 3. The molecule has 5 rings (SSSR count). The Balaban J connectivity index is 0.000000314. The van der Waals surface area contributed by atoms with E-state index in [1.165, 1.54) is 18.2 Å². The molecule has 0 aromatic heterocycles. The van der Waals surface area contributed by atoms with E-state index in [4.69, 9.17) is 15.2 Å². The molecule has 0 atom stereocenters. The van der Waals surface area contributed by atoms with Crippen molar-refractivity contribution in [3.63, 3.8) is 0 Å². The van der Waals surface area contributed by atoms with Gasteiger partial charge < -0.3 is 35.6 Å². The SMILES string of the molecule is CC(C)(C)OC(=O)NCCCN1CCN(Cc2ccc(N)cc2C(F)(F)F)CC1.CC(C)(C)OC(=O)NCCCN1CCN(Cc2ccc([N+](=O)[O-])cc2C(F)(F)F)CC1.O=Cc1ccc([N+](=O)[O-])cc1C(F)(F)F.